The minimum absolute atomic E-state index is 0.0713. The maximum Gasteiger partial charge on any atom is 0.222 e. The molecular weight excluding hydrogens is 252 g/mol. The standard InChI is InChI=1S/C16H30N2O2/c19-12-11-18(13-15-7-4-10-17-15)16(20)9-8-14-5-2-1-3-6-14/h14-15,17,19H,1-13H2. The summed E-state index contributed by atoms with van der Waals surface area (Å²) in [6, 6.07) is 0.431. The number of carbonyl (C=O) groups excluding carboxylic acids is 1. The average Bonchev–Trinajstić information content (AvgIpc) is 2.98. The number of carbonyl (C=O) groups is 1. The van der Waals surface area contributed by atoms with Crippen molar-refractivity contribution in [2.45, 2.75) is 63.8 Å². The van der Waals surface area contributed by atoms with Crippen molar-refractivity contribution in [3.05, 3.63) is 0 Å². The maximum atomic E-state index is 12.4. The van der Waals surface area contributed by atoms with E-state index < -0.39 is 0 Å². The number of rotatable bonds is 7. The van der Waals surface area contributed by atoms with Gasteiger partial charge in [0.2, 0.25) is 5.91 Å². The maximum absolute atomic E-state index is 12.4. The monoisotopic (exact) mass is 282 g/mol. The van der Waals surface area contributed by atoms with Gasteiger partial charge in [-0.1, -0.05) is 32.1 Å². The van der Waals surface area contributed by atoms with E-state index in [1.165, 1.54) is 38.5 Å². The van der Waals surface area contributed by atoms with Crippen molar-refractivity contribution in [2.75, 3.05) is 26.2 Å². The van der Waals surface area contributed by atoms with Crippen LogP contribution in [0.3, 0.4) is 0 Å². The third-order valence-corrected chi connectivity index (χ3v) is 4.82. The fourth-order valence-corrected chi connectivity index (χ4v) is 3.58. The fourth-order valence-electron chi connectivity index (χ4n) is 3.58. The molecule has 1 amide bonds. The van der Waals surface area contributed by atoms with Crippen LogP contribution in [0.25, 0.3) is 0 Å². The van der Waals surface area contributed by atoms with Gasteiger partial charge in [-0.05, 0) is 31.7 Å². The Hall–Kier alpha value is -0.610. The summed E-state index contributed by atoms with van der Waals surface area (Å²) < 4.78 is 0. The van der Waals surface area contributed by atoms with Crippen molar-refractivity contribution in [3.63, 3.8) is 0 Å². The molecule has 4 heteroatoms. The van der Waals surface area contributed by atoms with Gasteiger partial charge in [0.15, 0.2) is 0 Å². The number of amides is 1. The van der Waals surface area contributed by atoms with E-state index in [2.05, 4.69) is 5.32 Å². The van der Waals surface area contributed by atoms with Gasteiger partial charge in [-0.25, -0.2) is 0 Å². The molecule has 1 heterocycles. The van der Waals surface area contributed by atoms with Crippen LogP contribution in [0, 0.1) is 5.92 Å². The van der Waals surface area contributed by atoms with Gasteiger partial charge in [-0.3, -0.25) is 4.79 Å². The lowest BCUT2D eigenvalue weighted by Crippen LogP contribution is -2.42. The van der Waals surface area contributed by atoms with Crippen molar-refractivity contribution in [1.82, 2.24) is 10.2 Å². The van der Waals surface area contributed by atoms with Crippen LogP contribution in [0.4, 0.5) is 0 Å². The molecule has 1 aliphatic carbocycles. The van der Waals surface area contributed by atoms with E-state index in [0.717, 1.165) is 31.8 Å². The molecule has 0 bridgehead atoms. The Kier molecular flexibility index (Phi) is 6.80. The van der Waals surface area contributed by atoms with E-state index in [-0.39, 0.29) is 12.5 Å². The zero-order valence-corrected chi connectivity index (χ0v) is 12.6. The van der Waals surface area contributed by atoms with Gasteiger partial charge in [0.1, 0.15) is 0 Å². The highest BCUT2D eigenvalue weighted by Crippen LogP contribution is 2.27. The molecule has 2 aliphatic rings. The van der Waals surface area contributed by atoms with Crippen molar-refractivity contribution in [1.29, 1.82) is 0 Å². The molecule has 2 rings (SSSR count). The Morgan fingerprint density at radius 3 is 2.60 bits per heavy atom. The first-order valence-electron chi connectivity index (χ1n) is 8.41. The molecule has 20 heavy (non-hydrogen) atoms. The number of nitrogens with one attached hydrogen (secondary N) is 1. The quantitative estimate of drug-likeness (QED) is 0.750. The summed E-state index contributed by atoms with van der Waals surface area (Å²) in [5.74, 6) is 0.992. The number of aliphatic hydroxyl groups excluding tert-OH is 1. The second-order valence-electron chi connectivity index (χ2n) is 6.40. The molecule has 0 radical (unpaired) electrons. The Balaban J connectivity index is 1.73. The van der Waals surface area contributed by atoms with Gasteiger partial charge in [-0.15, -0.1) is 0 Å². The third-order valence-electron chi connectivity index (χ3n) is 4.82. The summed E-state index contributed by atoms with van der Waals surface area (Å²) in [6.45, 7) is 2.39. The molecule has 1 saturated heterocycles. The minimum atomic E-state index is 0.0713. The highest BCUT2D eigenvalue weighted by Gasteiger charge is 2.22. The van der Waals surface area contributed by atoms with Gasteiger partial charge in [-0.2, -0.15) is 0 Å². The number of hydrogen-bond acceptors (Lipinski definition) is 3. The second-order valence-corrected chi connectivity index (χ2v) is 6.40. The van der Waals surface area contributed by atoms with Gasteiger partial charge in [0.25, 0.3) is 0 Å². The fraction of sp³-hybridized carbons (Fsp3) is 0.938. The lowest BCUT2D eigenvalue weighted by atomic mass is 9.86. The van der Waals surface area contributed by atoms with Crippen LogP contribution in [0.15, 0.2) is 0 Å². The molecular formula is C16H30N2O2. The molecule has 1 unspecified atom stereocenters. The third kappa shape index (κ3) is 5.06. The van der Waals surface area contributed by atoms with E-state index in [0.29, 0.717) is 19.0 Å². The zero-order chi connectivity index (χ0) is 14.2. The molecule has 2 fully saturated rings. The van der Waals surface area contributed by atoms with E-state index in [1.807, 2.05) is 4.90 Å². The van der Waals surface area contributed by atoms with Crippen LogP contribution < -0.4 is 5.32 Å². The highest BCUT2D eigenvalue weighted by atomic mass is 16.3. The molecule has 4 nitrogen and oxygen atoms in total. The SMILES string of the molecule is O=C(CCC1CCCCC1)N(CCO)CC1CCCN1. The first kappa shape index (κ1) is 15.8. The summed E-state index contributed by atoms with van der Waals surface area (Å²) >= 11 is 0. The number of hydrogen-bond donors (Lipinski definition) is 2. The van der Waals surface area contributed by atoms with Crippen LogP contribution in [-0.2, 0) is 4.79 Å². The predicted molar refractivity (Wildman–Crippen MR) is 80.5 cm³/mol. The van der Waals surface area contributed by atoms with Crippen LogP contribution in [0.2, 0.25) is 0 Å². The topological polar surface area (TPSA) is 52.6 Å². The van der Waals surface area contributed by atoms with Crippen molar-refractivity contribution >= 4 is 5.91 Å². The first-order chi connectivity index (χ1) is 9.79. The Morgan fingerprint density at radius 2 is 1.95 bits per heavy atom. The van der Waals surface area contributed by atoms with Crippen LogP contribution in [0.1, 0.15) is 57.8 Å². The van der Waals surface area contributed by atoms with Crippen LogP contribution in [-0.4, -0.2) is 48.2 Å². The summed E-state index contributed by atoms with van der Waals surface area (Å²) in [7, 11) is 0. The minimum Gasteiger partial charge on any atom is -0.395 e. The van der Waals surface area contributed by atoms with E-state index in [4.69, 9.17) is 5.11 Å². The molecule has 0 aromatic heterocycles. The zero-order valence-electron chi connectivity index (χ0n) is 12.6. The van der Waals surface area contributed by atoms with E-state index >= 15 is 0 Å². The predicted octanol–water partition coefficient (Wildman–Crippen LogP) is 1.92. The van der Waals surface area contributed by atoms with Crippen molar-refractivity contribution < 1.29 is 9.90 Å². The smallest absolute Gasteiger partial charge is 0.222 e. The van der Waals surface area contributed by atoms with Gasteiger partial charge in [0, 0.05) is 25.6 Å². The van der Waals surface area contributed by atoms with Crippen molar-refractivity contribution in [2.24, 2.45) is 5.92 Å². The molecule has 1 saturated carbocycles. The molecule has 0 spiro atoms. The molecule has 0 aromatic carbocycles. The molecule has 1 atom stereocenters. The Bertz CT molecular complexity index is 284. The van der Waals surface area contributed by atoms with E-state index in [9.17, 15) is 4.79 Å². The Labute approximate surface area is 122 Å². The first-order valence-corrected chi connectivity index (χ1v) is 8.41. The summed E-state index contributed by atoms with van der Waals surface area (Å²) in [4.78, 5) is 14.2. The van der Waals surface area contributed by atoms with Crippen LogP contribution >= 0.6 is 0 Å². The molecule has 1 aliphatic heterocycles. The summed E-state index contributed by atoms with van der Waals surface area (Å²) in [5.41, 5.74) is 0. The average molecular weight is 282 g/mol. The number of aliphatic hydroxyl groups is 1. The molecule has 0 aromatic rings. The lowest BCUT2D eigenvalue weighted by molar-refractivity contribution is -0.132. The normalized spacial score (nSPS) is 23.9. The van der Waals surface area contributed by atoms with Crippen molar-refractivity contribution in [3.8, 4) is 0 Å². The second kappa shape index (κ2) is 8.63. The van der Waals surface area contributed by atoms with E-state index in [1.54, 1.807) is 0 Å². The van der Waals surface area contributed by atoms with Gasteiger partial charge >= 0.3 is 0 Å². The molecule has 2 N–H and O–H groups in total. The molecule has 116 valence electrons. The summed E-state index contributed by atoms with van der Waals surface area (Å²) in [6.07, 6.45) is 10.7. The highest BCUT2D eigenvalue weighted by molar-refractivity contribution is 5.76. The Morgan fingerprint density at radius 1 is 1.15 bits per heavy atom. The van der Waals surface area contributed by atoms with Crippen LogP contribution in [0.5, 0.6) is 0 Å². The summed E-state index contributed by atoms with van der Waals surface area (Å²) in [5, 5.41) is 12.6. The van der Waals surface area contributed by atoms with Gasteiger partial charge in [0.05, 0.1) is 6.61 Å². The van der Waals surface area contributed by atoms with Gasteiger partial charge < -0.3 is 15.3 Å². The number of nitrogens with zero attached hydrogens (tertiary/aromatic N) is 1. The lowest BCUT2D eigenvalue weighted by Gasteiger charge is -2.27. The largest absolute Gasteiger partial charge is 0.395 e.